The van der Waals surface area contributed by atoms with E-state index in [1.165, 1.54) is 0 Å². The molecule has 0 aromatic heterocycles. The molecule has 1 fully saturated rings. The molecule has 8 heteroatoms. The van der Waals surface area contributed by atoms with Crippen LogP contribution in [0.3, 0.4) is 0 Å². The van der Waals surface area contributed by atoms with Crippen molar-refractivity contribution in [1.29, 1.82) is 0 Å². The molecule has 1 heterocycles. The average Bonchev–Trinajstić information content (AvgIpc) is 3.11. The first-order valence-electron chi connectivity index (χ1n) is 11.3. The van der Waals surface area contributed by atoms with Crippen LogP contribution in [0.1, 0.15) is 55.1 Å². The third-order valence-electron chi connectivity index (χ3n) is 5.24. The van der Waals surface area contributed by atoms with E-state index in [0.29, 0.717) is 22.5 Å². The van der Waals surface area contributed by atoms with E-state index in [9.17, 15) is 19.2 Å². The number of carbonyl (C=O) groups excluding carboxylic acids is 4. The number of aryl methyl sites for hydroxylation is 1. The predicted molar refractivity (Wildman–Crippen MR) is 135 cm³/mol. The Kier molecular flexibility index (Phi) is 8.65. The average molecular weight is 480 g/mol. The maximum absolute atomic E-state index is 13.1. The summed E-state index contributed by atoms with van der Waals surface area (Å²) in [5, 5.41) is 7.65. The van der Waals surface area contributed by atoms with Crippen LogP contribution in [-0.4, -0.2) is 29.0 Å². The van der Waals surface area contributed by atoms with Gasteiger partial charge in [0.1, 0.15) is 6.04 Å². The summed E-state index contributed by atoms with van der Waals surface area (Å²) in [7, 11) is 0. The van der Waals surface area contributed by atoms with Crippen LogP contribution in [0.15, 0.2) is 53.4 Å². The molecule has 0 bridgehead atoms. The van der Waals surface area contributed by atoms with E-state index in [0.717, 1.165) is 35.9 Å². The van der Waals surface area contributed by atoms with E-state index in [1.807, 2.05) is 38.1 Å². The van der Waals surface area contributed by atoms with Gasteiger partial charge in [0.05, 0.1) is 4.91 Å². The fourth-order valence-corrected chi connectivity index (χ4v) is 4.28. The highest BCUT2D eigenvalue weighted by Crippen LogP contribution is 2.25. The molecule has 1 aliphatic heterocycles. The Labute approximate surface area is 203 Å². The summed E-state index contributed by atoms with van der Waals surface area (Å²) in [4.78, 5) is 49.3. The zero-order valence-electron chi connectivity index (χ0n) is 19.5. The van der Waals surface area contributed by atoms with Gasteiger partial charge in [-0.25, -0.2) is 0 Å². The van der Waals surface area contributed by atoms with Gasteiger partial charge < -0.3 is 10.6 Å². The molecular weight excluding hydrogens is 450 g/mol. The predicted octanol–water partition coefficient (Wildman–Crippen LogP) is 4.75. The van der Waals surface area contributed by atoms with Crippen LogP contribution >= 0.6 is 11.8 Å². The molecule has 0 radical (unpaired) electrons. The van der Waals surface area contributed by atoms with Gasteiger partial charge in [-0.05, 0) is 65.9 Å². The van der Waals surface area contributed by atoms with E-state index >= 15 is 0 Å². The van der Waals surface area contributed by atoms with E-state index in [2.05, 4.69) is 22.9 Å². The fourth-order valence-electron chi connectivity index (χ4n) is 3.60. The molecule has 0 aliphatic carbocycles. The molecule has 0 saturated carbocycles. The summed E-state index contributed by atoms with van der Waals surface area (Å²) in [5.74, 6) is -0.834. The summed E-state index contributed by atoms with van der Waals surface area (Å²) >= 11 is 0.839. The van der Waals surface area contributed by atoms with Crippen LogP contribution in [0.5, 0.6) is 0 Å². The van der Waals surface area contributed by atoms with Gasteiger partial charge in [-0.15, -0.1) is 0 Å². The zero-order valence-corrected chi connectivity index (χ0v) is 20.3. The molecule has 4 amide bonds. The lowest BCUT2D eigenvalue weighted by atomic mass is 10.0. The second-order valence-corrected chi connectivity index (χ2v) is 9.54. The molecular formula is C26H29N3O4S. The van der Waals surface area contributed by atoms with Gasteiger partial charge in [0.15, 0.2) is 0 Å². The number of para-hydroxylation sites is 1. The third-order valence-corrected chi connectivity index (χ3v) is 6.05. The lowest BCUT2D eigenvalue weighted by molar-refractivity contribution is -0.118. The molecule has 34 heavy (non-hydrogen) atoms. The number of imide groups is 1. The minimum absolute atomic E-state index is 0.203. The molecule has 2 aromatic rings. The molecule has 178 valence electrons. The van der Waals surface area contributed by atoms with E-state index in [4.69, 9.17) is 0 Å². The highest BCUT2D eigenvalue weighted by molar-refractivity contribution is 8.18. The summed E-state index contributed by atoms with van der Waals surface area (Å²) in [6.45, 7) is 6.09. The molecule has 1 saturated heterocycles. The summed E-state index contributed by atoms with van der Waals surface area (Å²) in [6, 6.07) is 13.6. The van der Waals surface area contributed by atoms with Crippen molar-refractivity contribution in [3.63, 3.8) is 0 Å². The van der Waals surface area contributed by atoms with Crippen LogP contribution < -0.4 is 16.0 Å². The Morgan fingerprint density at radius 1 is 1.06 bits per heavy atom. The summed E-state index contributed by atoms with van der Waals surface area (Å²) in [5.41, 5.74) is 2.91. The van der Waals surface area contributed by atoms with Crippen LogP contribution in [0.4, 0.5) is 10.5 Å². The van der Waals surface area contributed by atoms with Gasteiger partial charge in [-0.1, -0.05) is 57.5 Å². The Hall–Kier alpha value is -3.39. The maximum atomic E-state index is 13.1. The quantitative estimate of drug-likeness (QED) is 0.451. The second kappa shape index (κ2) is 11.7. The van der Waals surface area contributed by atoms with Gasteiger partial charge in [-0.3, -0.25) is 24.5 Å². The maximum Gasteiger partial charge on any atom is 0.290 e. The summed E-state index contributed by atoms with van der Waals surface area (Å²) in [6.07, 6.45) is 3.91. The Morgan fingerprint density at radius 2 is 1.76 bits per heavy atom. The van der Waals surface area contributed by atoms with Gasteiger partial charge >= 0.3 is 0 Å². The van der Waals surface area contributed by atoms with Gasteiger partial charge in [-0.2, -0.15) is 0 Å². The van der Waals surface area contributed by atoms with E-state index in [-0.39, 0.29) is 17.7 Å². The number of benzene rings is 2. The molecule has 0 spiro atoms. The molecule has 0 unspecified atom stereocenters. The second-order valence-electron chi connectivity index (χ2n) is 8.53. The van der Waals surface area contributed by atoms with Crippen molar-refractivity contribution in [2.75, 3.05) is 5.32 Å². The monoisotopic (exact) mass is 479 g/mol. The normalized spacial score (nSPS) is 15.4. The molecule has 7 nitrogen and oxygen atoms in total. The van der Waals surface area contributed by atoms with Crippen LogP contribution in [0.25, 0.3) is 6.08 Å². The van der Waals surface area contributed by atoms with Crippen molar-refractivity contribution >= 4 is 46.5 Å². The smallest absolute Gasteiger partial charge is 0.290 e. The Bertz CT molecular complexity index is 1110. The molecule has 1 atom stereocenters. The zero-order chi connectivity index (χ0) is 24.7. The number of hydrogen-bond acceptors (Lipinski definition) is 5. The van der Waals surface area contributed by atoms with Gasteiger partial charge in [0, 0.05) is 11.3 Å². The molecule has 3 N–H and O–H groups in total. The van der Waals surface area contributed by atoms with Crippen molar-refractivity contribution in [3.8, 4) is 0 Å². The van der Waals surface area contributed by atoms with E-state index < -0.39 is 17.2 Å². The fraction of sp³-hybridized carbons (Fsp3) is 0.308. The number of thioether (sulfide) groups is 1. The number of anilines is 1. The number of rotatable bonds is 9. The standard InChI is InChI=1S/C26H29N3O4S/c1-4-7-18-8-5-6-9-20(18)27-24(31)21(14-16(2)3)28-23(30)19-12-10-17(11-13-19)15-22-25(32)29-26(33)34-22/h5-6,8-13,15-16,21H,4,7,14H2,1-3H3,(H,27,31)(H,28,30)(H,29,32,33)/b22-15-/t21-/m0/s1. The van der Waals surface area contributed by atoms with Crippen LogP contribution in [-0.2, 0) is 16.0 Å². The number of amides is 4. The number of carbonyl (C=O) groups is 4. The first-order chi connectivity index (χ1) is 16.3. The van der Waals surface area contributed by atoms with Crippen molar-refractivity contribution in [3.05, 3.63) is 70.1 Å². The first kappa shape index (κ1) is 25.2. The lowest BCUT2D eigenvalue weighted by Gasteiger charge is -2.21. The Balaban J connectivity index is 1.70. The lowest BCUT2D eigenvalue weighted by Crippen LogP contribution is -2.44. The number of nitrogens with one attached hydrogen (secondary N) is 3. The third kappa shape index (κ3) is 6.81. The summed E-state index contributed by atoms with van der Waals surface area (Å²) < 4.78 is 0. The molecule has 1 aliphatic rings. The van der Waals surface area contributed by atoms with Crippen molar-refractivity contribution in [2.24, 2.45) is 5.92 Å². The van der Waals surface area contributed by atoms with Crippen LogP contribution in [0.2, 0.25) is 0 Å². The van der Waals surface area contributed by atoms with Crippen molar-refractivity contribution in [2.45, 2.75) is 46.1 Å². The largest absolute Gasteiger partial charge is 0.340 e. The minimum Gasteiger partial charge on any atom is -0.340 e. The SMILES string of the molecule is CCCc1ccccc1NC(=O)[C@H](CC(C)C)NC(=O)c1ccc(/C=C2\SC(=O)NC2=O)cc1. The molecule has 2 aromatic carbocycles. The van der Waals surface area contributed by atoms with Crippen molar-refractivity contribution in [1.82, 2.24) is 10.6 Å². The Morgan fingerprint density at radius 3 is 2.38 bits per heavy atom. The van der Waals surface area contributed by atoms with Gasteiger partial charge in [0.25, 0.3) is 17.1 Å². The molecule has 3 rings (SSSR count). The first-order valence-corrected chi connectivity index (χ1v) is 12.1. The topological polar surface area (TPSA) is 104 Å². The number of hydrogen-bond donors (Lipinski definition) is 3. The highest BCUT2D eigenvalue weighted by atomic mass is 32.2. The minimum atomic E-state index is -0.687. The van der Waals surface area contributed by atoms with Crippen LogP contribution in [0, 0.1) is 5.92 Å². The van der Waals surface area contributed by atoms with Crippen molar-refractivity contribution < 1.29 is 19.2 Å². The van der Waals surface area contributed by atoms with E-state index in [1.54, 1.807) is 30.3 Å². The van der Waals surface area contributed by atoms with Gasteiger partial charge in [0.2, 0.25) is 5.91 Å². The highest BCUT2D eigenvalue weighted by Gasteiger charge is 2.25.